The summed E-state index contributed by atoms with van der Waals surface area (Å²) in [6, 6.07) is 0.412. The van der Waals surface area contributed by atoms with Gasteiger partial charge in [0.1, 0.15) is 0 Å². The van der Waals surface area contributed by atoms with Crippen molar-refractivity contribution in [2.45, 2.75) is 63.5 Å². The standard InChI is InChI=1S/C12H22N2O/c1-9-4-3-7-12(13,8-9)11(15)14-10-5-2-6-10/h9-10H,2-8,13H2,1H3,(H,14,15). The maximum atomic E-state index is 12.0. The maximum absolute atomic E-state index is 12.0. The normalized spacial score (nSPS) is 37.1. The van der Waals surface area contributed by atoms with Crippen molar-refractivity contribution in [1.29, 1.82) is 0 Å². The predicted octanol–water partition coefficient (Wildman–Crippen LogP) is 1.56. The van der Waals surface area contributed by atoms with Gasteiger partial charge in [0.05, 0.1) is 5.54 Å². The molecule has 1 amide bonds. The van der Waals surface area contributed by atoms with Crippen LogP contribution in [0.1, 0.15) is 51.9 Å². The number of hydrogen-bond donors (Lipinski definition) is 2. The van der Waals surface area contributed by atoms with E-state index in [0.717, 1.165) is 32.1 Å². The average Bonchev–Trinajstić information content (AvgIpc) is 2.10. The van der Waals surface area contributed by atoms with E-state index in [-0.39, 0.29) is 5.91 Å². The quantitative estimate of drug-likeness (QED) is 0.726. The zero-order valence-electron chi connectivity index (χ0n) is 9.59. The third-order valence-corrected chi connectivity index (χ3v) is 3.93. The summed E-state index contributed by atoms with van der Waals surface area (Å²) in [7, 11) is 0. The lowest BCUT2D eigenvalue weighted by Gasteiger charge is -2.38. The second-order valence-corrected chi connectivity index (χ2v) is 5.46. The fourth-order valence-electron chi connectivity index (χ4n) is 2.68. The first-order valence-electron chi connectivity index (χ1n) is 6.20. The second kappa shape index (κ2) is 4.12. The Balaban J connectivity index is 1.91. The Morgan fingerprint density at radius 2 is 2.07 bits per heavy atom. The van der Waals surface area contributed by atoms with E-state index < -0.39 is 5.54 Å². The van der Waals surface area contributed by atoms with Crippen LogP contribution in [0.15, 0.2) is 0 Å². The number of hydrogen-bond acceptors (Lipinski definition) is 2. The molecule has 0 aromatic rings. The minimum Gasteiger partial charge on any atom is -0.352 e. The van der Waals surface area contributed by atoms with Crippen LogP contribution >= 0.6 is 0 Å². The van der Waals surface area contributed by atoms with Gasteiger partial charge in [-0.15, -0.1) is 0 Å². The molecule has 2 atom stereocenters. The van der Waals surface area contributed by atoms with E-state index in [2.05, 4.69) is 12.2 Å². The molecule has 2 unspecified atom stereocenters. The molecule has 3 heteroatoms. The Kier molecular flexibility index (Phi) is 3.01. The Bertz CT molecular complexity index is 250. The van der Waals surface area contributed by atoms with E-state index in [1.165, 1.54) is 12.8 Å². The fourth-order valence-corrected chi connectivity index (χ4v) is 2.68. The van der Waals surface area contributed by atoms with Crippen LogP contribution in [-0.2, 0) is 4.79 Å². The highest BCUT2D eigenvalue weighted by atomic mass is 16.2. The Morgan fingerprint density at radius 1 is 1.33 bits per heavy atom. The predicted molar refractivity (Wildman–Crippen MR) is 60.3 cm³/mol. The van der Waals surface area contributed by atoms with Gasteiger partial charge in [-0.3, -0.25) is 4.79 Å². The summed E-state index contributed by atoms with van der Waals surface area (Å²) in [6.07, 6.45) is 7.54. The zero-order valence-corrected chi connectivity index (χ0v) is 9.59. The molecule has 86 valence electrons. The Labute approximate surface area is 91.8 Å². The molecular weight excluding hydrogens is 188 g/mol. The number of nitrogens with one attached hydrogen (secondary N) is 1. The van der Waals surface area contributed by atoms with Gasteiger partial charge < -0.3 is 11.1 Å². The molecule has 0 spiro atoms. The summed E-state index contributed by atoms with van der Waals surface area (Å²) in [6.45, 7) is 2.19. The van der Waals surface area contributed by atoms with Crippen LogP contribution in [0.2, 0.25) is 0 Å². The third-order valence-electron chi connectivity index (χ3n) is 3.93. The highest BCUT2D eigenvalue weighted by molar-refractivity contribution is 5.86. The molecule has 0 heterocycles. The topological polar surface area (TPSA) is 55.1 Å². The number of amides is 1. The molecule has 3 N–H and O–H groups in total. The van der Waals surface area contributed by atoms with Crippen molar-refractivity contribution in [2.75, 3.05) is 0 Å². The van der Waals surface area contributed by atoms with Gasteiger partial charge in [-0.1, -0.05) is 19.8 Å². The molecule has 2 rings (SSSR count). The molecule has 2 fully saturated rings. The maximum Gasteiger partial charge on any atom is 0.240 e. The van der Waals surface area contributed by atoms with E-state index in [9.17, 15) is 4.79 Å². The molecule has 0 bridgehead atoms. The number of nitrogens with two attached hydrogens (primary N) is 1. The summed E-state index contributed by atoms with van der Waals surface area (Å²) >= 11 is 0. The molecule has 2 aliphatic rings. The minimum absolute atomic E-state index is 0.0961. The van der Waals surface area contributed by atoms with Gasteiger partial charge in [0.2, 0.25) is 5.91 Å². The van der Waals surface area contributed by atoms with Crippen LogP contribution in [0, 0.1) is 5.92 Å². The van der Waals surface area contributed by atoms with Gasteiger partial charge in [0, 0.05) is 6.04 Å². The largest absolute Gasteiger partial charge is 0.352 e. The second-order valence-electron chi connectivity index (χ2n) is 5.46. The Hall–Kier alpha value is -0.570. The summed E-state index contributed by atoms with van der Waals surface area (Å²) < 4.78 is 0. The van der Waals surface area contributed by atoms with Crippen molar-refractivity contribution < 1.29 is 4.79 Å². The van der Waals surface area contributed by atoms with Crippen molar-refractivity contribution in [3.63, 3.8) is 0 Å². The van der Waals surface area contributed by atoms with Crippen molar-refractivity contribution >= 4 is 5.91 Å². The highest BCUT2D eigenvalue weighted by Crippen LogP contribution is 2.31. The van der Waals surface area contributed by atoms with Crippen LogP contribution in [0.25, 0.3) is 0 Å². The van der Waals surface area contributed by atoms with Crippen LogP contribution in [0.5, 0.6) is 0 Å². The number of carbonyl (C=O) groups excluding carboxylic acids is 1. The molecule has 0 aromatic carbocycles. The summed E-state index contributed by atoms with van der Waals surface area (Å²) in [4.78, 5) is 12.0. The molecular formula is C12H22N2O. The van der Waals surface area contributed by atoms with Crippen molar-refractivity contribution in [2.24, 2.45) is 11.7 Å². The SMILES string of the molecule is CC1CCCC(N)(C(=O)NC2CCC2)C1. The molecule has 3 nitrogen and oxygen atoms in total. The van der Waals surface area contributed by atoms with Gasteiger partial charge >= 0.3 is 0 Å². The van der Waals surface area contributed by atoms with E-state index in [4.69, 9.17) is 5.73 Å². The summed E-state index contributed by atoms with van der Waals surface area (Å²) in [5.41, 5.74) is 5.63. The number of carbonyl (C=O) groups is 1. The van der Waals surface area contributed by atoms with E-state index in [0.29, 0.717) is 12.0 Å². The molecule has 0 aromatic heterocycles. The van der Waals surface area contributed by atoms with Gasteiger partial charge in [0.15, 0.2) is 0 Å². The van der Waals surface area contributed by atoms with Crippen molar-refractivity contribution in [1.82, 2.24) is 5.32 Å². The van der Waals surface area contributed by atoms with Gasteiger partial charge in [-0.05, 0) is 38.0 Å². The average molecular weight is 210 g/mol. The first-order chi connectivity index (χ1) is 7.10. The van der Waals surface area contributed by atoms with Gasteiger partial charge in [-0.25, -0.2) is 0 Å². The number of rotatable bonds is 2. The van der Waals surface area contributed by atoms with Crippen molar-refractivity contribution in [3.8, 4) is 0 Å². The molecule has 2 aliphatic carbocycles. The zero-order chi connectivity index (χ0) is 10.9. The van der Waals surface area contributed by atoms with E-state index in [1.807, 2.05) is 0 Å². The first kappa shape index (κ1) is 10.9. The molecule has 0 aliphatic heterocycles. The van der Waals surface area contributed by atoms with Crippen LogP contribution in [-0.4, -0.2) is 17.5 Å². The Morgan fingerprint density at radius 3 is 2.60 bits per heavy atom. The molecule has 0 saturated heterocycles. The van der Waals surface area contributed by atoms with E-state index >= 15 is 0 Å². The lowest BCUT2D eigenvalue weighted by atomic mass is 9.76. The van der Waals surface area contributed by atoms with Gasteiger partial charge in [-0.2, -0.15) is 0 Å². The molecule has 2 saturated carbocycles. The van der Waals surface area contributed by atoms with Crippen LogP contribution in [0.4, 0.5) is 0 Å². The minimum atomic E-state index is -0.576. The third kappa shape index (κ3) is 2.33. The first-order valence-corrected chi connectivity index (χ1v) is 6.20. The van der Waals surface area contributed by atoms with Crippen LogP contribution in [0.3, 0.4) is 0 Å². The van der Waals surface area contributed by atoms with Crippen LogP contribution < -0.4 is 11.1 Å². The van der Waals surface area contributed by atoms with Gasteiger partial charge in [0.25, 0.3) is 0 Å². The fraction of sp³-hybridized carbons (Fsp3) is 0.917. The smallest absolute Gasteiger partial charge is 0.240 e. The lowest BCUT2D eigenvalue weighted by Crippen LogP contribution is -2.58. The lowest BCUT2D eigenvalue weighted by molar-refractivity contribution is -0.129. The monoisotopic (exact) mass is 210 g/mol. The molecule has 15 heavy (non-hydrogen) atoms. The summed E-state index contributed by atoms with van der Waals surface area (Å²) in [5, 5.41) is 3.08. The summed E-state index contributed by atoms with van der Waals surface area (Å²) in [5.74, 6) is 0.689. The van der Waals surface area contributed by atoms with Crippen molar-refractivity contribution in [3.05, 3.63) is 0 Å². The molecule has 0 radical (unpaired) electrons. The highest BCUT2D eigenvalue weighted by Gasteiger charge is 2.39. The van der Waals surface area contributed by atoms with E-state index in [1.54, 1.807) is 0 Å².